The Morgan fingerprint density at radius 3 is 1.93 bits per heavy atom. The van der Waals surface area contributed by atoms with Gasteiger partial charge in [-0.3, -0.25) is 4.79 Å². The van der Waals surface area contributed by atoms with Gasteiger partial charge in [-0.2, -0.15) is 5.26 Å². The molecule has 0 aliphatic heterocycles. The Labute approximate surface area is 178 Å². The number of hydrogen-bond donors (Lipinski definition) is 1. The molecule has 0 saturated carbocycles. The molecule has 1 amide bonds. The number of amides is 1. The standard InChI is InChI=1S/C26H27N3O/c1-16-7-17(2)10-24(9-16)28-26(30)23(15-27)14-22-13-20(5)29(21(22)6)25-11-18(3)8-19(4)12-25/h7-14H,1-6H3,(H,28,30)/b23-14-. The molecule has 3 rings (SSSR count). The molecule has 0 bridgehead atoms. The van der Waals surface area contributed by atoms with Gasteiger partial charge in [0.1, 0.15) is 11.6 Å². The van der Waals surface area contributed by atoms with Gasteiger partial charge in [-0.15, -0.1) is 0 Å². The van der Waals surface area contributed by atoms with E-state index in [0.29, 0.717) is 5.69 Å². The lowest BCUT2D eigenvalue weighted by Gasteiger charge is -2.12. The molecule has 2 aromatic carbocycles. The molecule has 0 atom stereocenters. The average molecular weight is 398 g/mol. The smallest absolute Gasteiger partial charge is 0.266 e. The highest BCUT2D eigenvalue weighted by molar-refractivity contribution is 6.09. The van der Waals surface area contributed by atoms with Crippen LogP contribution in [0.5, 0.6) is 0 Å². The lowest BCUT2D eigenvalue weighted by Crippen LogP contribution is -2.13. The molecule has 1 aromatic heterocycles. The van der Waals surface area contributed by atoms with Crippen molar-refractivity contribution in [2.45, 2.75) is 41.5 Å². The highest BCUT2D eigenvalue weighted by Gasteiger charge is 2.14. The Balaban J connectivity index is 1.96. The van der Waals surface area contributed by atoms with Crippen molar-refractivity contribution in [2.75, 3.05) is 5.32 Å². The maximum Gasteiger partial charge on any atom is 0.266 e. The summed E-state index contributed by atoms with van der Waals surface area (Å²) in [7, 11) is 0. The molecule has 1 heterocycles. The topological polar surface area (TPSA) is 57.8 Å². The van der Waals surface area contributed by atoms with E-state index < -0.39 is 5.91 Å². The predicted octanol–water partition coefficient (Wildman–Crippen LogP) is 5.87. The van der Waals surface area contributed by atoms with Crippen LogP contribution in [0.25, 0.3) is 11.8 Å². The van der Waals surface area contributed by atoms with E-state index in [4.69, 9.17) is 0 Å². The van der Waals surface area contributed by atoms with Crippen molar-refractivity contribution in [3.63, 3.8) is 0 Å². The second-order valence-electron chi connectivity index (χ2n) is 8.01. The molecule has 0 fully saturated rings. The molecule has 0 saturated heterocycles. The largest absolute Gasteiger partial charge is 0.321 e. The number of nitrogens with zero attached hydrogens (tertiary/aromatic N) is 2. The normalized spacial score (nSPS) is 11.3. The predicted molar refractivity (Wildman–Crippen MR) is 123 cm³/mol. The maximum atomic E-state index is 12.7. The van der Waals surface area contributed by atoms with Crippen LogP contribution in [0.3, 0.4) is 0 Å². The number of nitrogens with one attached hydrogen (secondary N) is 1. The van der Waals surface area contributed by atoms with Crippen molar-refractivity contribution in [2.24, 2.45) is 0 Å². The lowest BCUT2D eigenvalue weighted by atomic mass is 10.1. The second kappa shape index (κ2) is 8.42. The Morgan fingerprint density at radius 2 is 1.40 bits per heavy atom. The minimum atomic E-state index is -0.404. The molecule has 4 heteroatoms. The van der Waals surface area contributed by atoms with Crippen molar-refractivity contribution >= 4 is 17.7 Å². The first kappa shape index (κ1) is 21.1. The molecule has 0 aliphatic rings. The van der Waals surface area contributed by atoms with Crippen LogP contribution in [-0.4, -0.2) is 10.5 Å². The maximum absolute atomic E-state index is 12.7. The summed E-state index contributed by atoms with van der Waals surface area (Å²) in [6.45, 7) is 12.2. The van der Waals surface area contributed by atoms with Crippen LogP contribution >= 0.6 is 0 Å². The number of benzene rings is 2. The van der Waals surface area contributed by atoms with E-state index in [1.807, 2.05) is 52.0 Å². The van der Waals surface area contributed by atoms with Gasteiger partial charge in [0.2, 0.25) is 0 Å². The van der Waals surface area contributed by atoms with E-state index in [1.165, 1.54) is 11.1 Å². The van der Waals surface area contributed by atoms with E-state index in [0.717, 1.165) is 33.8 Å². The van der Waals surface area contributed by atoms with E-state index in [9.17, 15) is 10.1 Å². The van der Waals surface area contributed by atoms with Crippen LogP contribution in [0.15, 0.2) is 48.0 Å². The Bertz CT molecular complexity index is 1170. The van der Waals surface area contributed by atoms with Crippen molar-refractivity contribution in [3.05, 3.63) is 87.2 Å². The summed E-state index contributed by atoms with van der Waals surface area (Å²) in [5.41, 5.74) is 9.27. The van der Waals surface area contributed by atoms with Crippen LogP contribution < -0.4 is 5.32 Å². The van der Waals surface area contributed by atoms with Crippen molar-refractivity contribution < 1.29 is 4.79 Å². The molecule has 0 radical (unpaired) electrons. The molecule has 152 valence electrons. The fourth-order valence-electron chi connectivity index (χ4n) is 3.96. The van der Waals surface area contributed by atoms with Gasteiger partial charge in [-0.05, 0) is 106 Å². The van der Waals surface area contributed by atoms with E-state index >= 15 is 0 Å². The fraction of sp³-hybridized carbons (Fsp3) is 0.231. The molecule has 1 N–H and O–H groups in total. The number of hydrogen-bond acceptors (Lipinski definition) is 2. The summed E-state index contributed by atoms with van der Waals surface area (Å²) < 4.78 is 2.16. The third-order valence-electron chi connectivity index (χ3n) is 5.08. The van der Waals surface area contributed by atoms with Crippen molar-refractivity contribution in [1.29, 1.82) is 5.26 Å². The average Bonchev–Trinajstić information content (AvgIpc) is 2.91. The summed E-state index contributed by atoms with van der Waals surface area (Å²) in [5.74, 6) is -0.404. The Morgan fingerprint density at radius 1 is 0.867 bits per heavy atom. The van der Waals surface area contributed by atoms with Gasteiger partial charge < -0.3 is 9.88 Å². The molecule has 0 spiro atoms. The van der Waals surface area contributed by atoms with Gasteiger partial charge in [0.25, 0.3) is 5.91 Å². The van der Waals surface area contributed by atoms with E-state index in [2.05, 4.69) is 48.0 Å². The van der Waals surface area contributed by atoms with E-state index in [1.54, 1.807) is 6.08 Å². The first-order valence-electron chi connectivity index (χ1n) is 9.97. The van der Waals surface area contributed by atoms with Crippen LogP contribution in [0.4, 0.5) is 5.69 Å². The molecular formula is C26H27N3O. The van der Waals surface area contributed by atoms with Crippen molar-refractivity contribution in [3.8, 4) is 11.8 Å². The number of aryl methyl sites for hydroxylation is 5. The highest BCUT2D eigenvalue weighted by Crippen LogP contribution is 2.25. The first-order valence-corrected chi connectivity index (χ1v) is 9.97. The number of anilines is 1. The number of rotatable bonds is 4. The summed E-state index contributed by atoms with van der Waals surface area (Å²) in [6.07, 6.45) is 1.67. The molecular weight excluding hydrogens is 370 g/mol. The van der Waals surface area contributed by atoms with Crippen LogP contribution in [0, 0.1) is 52.9 Å². The third kappa shape index (κ3) is 4.52. The van der Waals surface area contributed by atoms with Crippen LogP contribution in [0.2, 0.25) is 0 Å². The lowest BCUT2D eigenvalue weighted by molar-refractivity contribution is -0.112. The van der Waals surface area contributed by atoms with Gasteiger partial charge in [0, 0.05) is 22.8 Å². The summed E-state index contributed by atoms with van der Waals surface area (Å²) in [6, 6.07) is 16.3. The number of carbonyl (C=O) groups excluding carboxylic acids is 1. The van der Waals surface area contributed by atoms with Crippen LogP contribution in [-0.2, 0) is 4.79 Å². The zero-order chi connectivity index (χ0) is 22.0. The summed E-state index contributed by atoms with van der Waals surface area (Å²) >= 11 is 0. The van der Waals surface area contributed by atoms with Crippen molar-refractivity contribution in [1.82, 2.24) is 4.57 Å². The Kier molecular flexibility index (Phi) is 5.94. The quantitative estimate of drug-likeness (QED) is 0.442. The summed E-state index contributed by atoms with van der Waals surface area (Å²) in [5, 5.41) is 12.5. The van der Waals surface area contributed by atoms with Gasteiger partial charge in [-0.25, -0.2) is 0 Å². The minimum Gasteiger partial charge on any atom is -0.321 e. The van der Waals surface area contributed by atoms with Gasteiger partial charge in [0.05, 0.1) is 0 Å². The van der Waals surface area contributed by atoms with Gasteiger partial charge in [0.15, 0.2) is 0 Å². The van der Waals surface area contributed by atoms with Crippen LogP contribution in [0.1, 0.15) is 39.2 Å². The Hall–Kier alpha value is -3.58. The summed E-state index contributed by atoms with van der Waals surface area (Å²) in [4.78, 5) is 12.7. The molecule has 3 aromatic rings. The zero-order valence-corrected chi connectivity index (χ0v) is 18.4. The van der Waals surface area contributed by atoms with Gasteiger partial charge >= 0.3 is 0 Å². The monoisotopic (exact) mass is 397 g/mol. The first-order chi connectivity index (χ1) is 14.2. The molecule has 4 nitrogen and oxygen atoms in total. The third-order valence-corrected chi connectivity index (χ3v) is 5.08. The zero-order valence-electron chi connectivity index (χ0n) is 18.4. The second-order valence-corrected chi connectivity index (χ2v) is 8.01. The molecule has 0 unspecified atom stereocenters. The SMILES string of the molecule is Cc1cc(C)cc(NC(=O)/C(C#N)=C\c2cc(C)n(-c3cc(C)cc(C)c3)c2C)c1. The van der Waals surface area contributed by atoms with E-state index in [-0.39, 0.29) is 5.57 Å². The number of carbonyl (C=O) groups is 1. The minimum absolute atomic E-state index is 0.0785. The van der Waals surface area contributed by atoms with Gasteiger partial charge in [-0.1, -0.05) is 12.1 Å². The molecule has 0 aliphatic carbocycles. The number of nitriles is 1. The fourth-order valence-corrected chi connectivity index (χ4v) is 3.96. The molecule has 30 heavy (non-hydrogen) atoms. The highest BCUT2D eigenvalue weighted by atomic mass is 16.1. The number of aromatic nitrogens is 1.